The standard InChI is InChI=1S/C20H21N3O2/c1-12-3-6-18(25-2)16-8-17(23-19(12)16)20(24)22-9-13-4-5-14-10-21-11-15(14)7-13/h3-8,21,23H,9-11H2,1-2H3,(H,22,24). The van der Waals surface area contributed by atoms with Gasteiger partial charge in [-0.1, -0.05) is 24.3 Å². The predicted molar refractivity (Wildman–Crippen MR) is 97.7 cm³/mol. The zero-order chi connectivity index (χ0) is 17.4. The van der Waals surface area contributed by atoms with E-state index >= 15 is 0 Å². The lowest BCUT2D eigenvalue weighted by molar-refractivity contribution is 0.0947. The number of ether oxygens (including phenoxy) is 1. The third-order valence-electron chi connectivity index (χ3n) is 4.78. The first-order chi connectivity index (χ1) is 12.2. The number of aromatic amines is 1. The van der Waals surface area contributed by atoms with Crippen molar-refractivity contribution in [3.05, 3.63) is 64.3 Å². The Balaban J connectivity index is 1.53. The summed E-state index contributed by atoms with van der Waals surface area (Å²) in [6, 6.07) is 12.1. The summed E-state index contributed by atoms with van der Waals surface area (Å²) in [5.74, 6) is 0.651. The second kappa shape index (κ2) is 6.26. The molecule has 25 heavy (non-hydrogen) atoms. The summed E-state index contributed by atoms with van der Waals surface area (Å²) in [6.07, 6.45) is 0. The highest BCUT2D eigenvalue weighted by molar-refractivity contribution is 6.00. The zero-order valence-electron chi connectivity index (χ0n) is 14.4. The van der Waals surface area contributed by atoms with Crippen molar-refractivity contribution in [1.82, 2.24) is 15.6 Å². The van der Waals surface area contributed by atoms with Crippen LogP contribution in [0, 0.1) is 6.92 Å². The van der Waals surface area contributed by atoms with Gasteiger partial charge in [-0.3, -0.25) is 4.79 Å². The smallest absolute Gasteiger partial charge is 0.267 e. The van der Waals surface area contributed by atoms with E-state index in [1.807, 2.05) is 25.1 Å². The molecule has 1 amide bonds. The fourth-order valence-electron chi connectivity index (χ4n) is 3.37. The molecule has 5 heteroatoms. The largest absolute Gasteiger partial charge is 0.496 e. The Morgan fingerprint density at radius 3 is 2.84 bits per heavy atom. The van der Waals surface area contributed by atoms with E-state index in [-0.39, 0.29) is 5.91 Å². The van der Waals surface area contributed by atoms with Gasteiger partial charge >= 0.3 is 0 Å². The van der Waals surface area contributed by atoms with Crippen LogP contribution in [-0.4, -0.2) is 18.0 Å². The molecule has 128 valence electrons. The van der Waals surface area contributed by atoms with Gasteiger partial charge in [-0.15, -0.1) is 0 Å². The Hall–Kier alpha value is -2.79. The maximum absolute atomic E-state index is 12.5. The summed E-state index contributed by atoms with van der Waals surface area (Å²) in [6.45, 7) is 4.35. The summed E-state index contributed by atoms with van der Waals surface area (Å²) in [7, 11) is 1.64. The maximum atomic E-state index is 12.5. The first-order valence-corrected chi connectivity index (χ1v) is 8.41. The van der Waals surface area contributed by atoms with Crippen molar-refractivity contribution < 1.29 is 9.53 Å². The van der Waals surface area contributed by atoms with Crippen molar-refractivity contribution in [2.75, 3.05) is 7.11 Å². The molecule has 0 aliphatic carbocycles. The number of hydrogen-bond acceptors (Lipinski definition) is 3. The van der Waals surface area contributed by atoms with Crippen LogP contribution < -0.4 is 15.4 Å². The Kier molecular flexibility index (Phi) is 3.93. The number of H-pyrrole nitrogens is 1. The average molecular weight is 335 g/mol. The Morgan fingerprint density at radius 1 is 1.16 bits per heavy atom. The number of amides is 1. The van der Waals surface area contributed by atoms with Gasteiger partial charge in [-0.05, 0) is 41.3 Å². The second-order valence-electron chi connectivity index (χ2n) is 6.45. The van der Waals surface area contributed by atoms with Crippen LogP contribution in [-0.2, 0) is 19.6 Å². The van der Waals surface area contributed by atoms with Crippen molar-refractivity contribution in [2.45, 2.75) is 26.6 Å². The summed E-state index contributed by atoms with van der Waals surface area (Å²) < 4.78 is 5.39. The molecule has 0 unspecified atom stereocenters. The average Bonchev–Trinajstić information content (AvgIpc) is 3.27. The molecule has 0 radical (unpaired) electrons. The molecule has 0 saturated heterocycles. The van der Waals surface area contributed by atoms with Crippen LogP contribution in [0.2, 0.25) is 0 Å². The predicted octanol–water partition coefficient (Wildman–Crippen LogP) is 3.02. The molecule has 0 spiro atoms. The van der Waals surface area contributed by atoms with E-state index in [4.69, 9.17) is 4.74 Å². The van der Waals surface area contributed by atoms with Crippen molar-refractivity contribution in [2.24, 2.45) is 0 Å². The molecular formula is C20H21N3O2. The van der Waals surface area contributed by atoms with Gasteiger partial charge in [0.25, 0.3) is 5.91 Å². The topological polar surface area (TPSA) is 66.2 Å². The van der Waals surface area contributed by atoms with Crippen molar-refractivity contribution >= 4 is 16.8 Å². The quantitative estimate of drug-likeness (QED) is 0.687. The summed E-state index contributed by atoms with van der Waals surface area (Å²) in [4.78, 5) is 15.8. The normalized spacial score (nSPS) is 13.0. The van der Waals surface area contributed by atoms with E-state index in [2.05, 4.69) is 33.8 Å². The van der Waals surface area contributed by atoms with Gasteiger partial charge in [0, 0.05) is 25.0 Å². The molecule has 2 heterocycles. The molecule has 3 aromatic rings. The van der Waals surface area contributed by atoms with Gasteiger partial charge in [-0.25, -0.2) is 0 Å². The Bertz CT molecular complexity index is 959. The van der Waals surface area contributed by atoms with Gasteiger partial charge in [0.15, 0.2) is 0 Å². The molecule has 0 bridgehead atoms. The first-order valence-electron chi connectivity index (χ1n) is 8.41. The number of nitrogens with one attached hydrogen (secondary N) is 3. The van der Waals surface area contributed by atoms with E-state index in [9.17, 15) is 4.79 Å². The summed E-state index contributed by atoms with van der Waals surface area (Å²) in [5.41, 5.74) is 6.34. The van der Waals surface area contributed by atoms with Crippen molar-refractivity contribution in [3.63, 3.8) is 0 Å². The van der Waals surface area contributed by atoms with Crippen LogP contribution >= 0.6 is 0 Å². The number of aryl methyl sites for hydroxylation is 1. The number of carbonyl (C=O) groups is 1. The zero-order valence-corrected chi connectivity index (χ0v) is 14.4. The van der Waals surface area contributed by atoms with Crippen LogP contribution in [0.4, 0.5) is 0 Å². The van der Waals surface area contributed by atoms with E-state index < -0.39 is 0 Å². The molecule has 2 aromatic carbocycles. The lowest BCUT2D eigenvalue weighted by Gasteiger charge is -2.06. The van der Waals surface area contributed by atoms with Gasteiger partial charge in [0.05, 0.1) is 12.6 Å². The lowest BCUT2D eigenvalue weighted by Crippen LogP contribution is -2.23. The number of benzene rings is 2. The number of rotatable bonds is 4. The molecule has 4 rings (SSSR count). The van der Waals surface area contributed by atoms with Crippen LogP contribution in [0.15, 0.2) is 36.4 Å². The fraction of sp³-hybridized carbons (Fsp3) is 0.250. The van der Waals surface area contributed by atoms with Crippen LogP contribution in [0.5, 0.6) is 5.75 Å². The van der Waals surface area contributed by atoms with Crippen LogP contribution in [0.3, 0.4) is 0 Å². The molecule has 3 N–H and O–H groups in total. The molecule has 1 aromatic heterocycles. The summed E-state index contributed by atoms with van der Waals surface area (Å²) in [5, 5.41) is 7.25. The van der Waals surface area contributed by atoms with Gasteiger partial charge in [0.2, 0.25) is 0 Å². The monoisotopic (exact) mass is 335 g/mol. The highest BCUT2D eigenvalue weighted by Gasteiger charge is 2.14. The van der Waals surface area contributed by atoms with Crippen molar-refractivity contribution in [1.29, 1.82) is 0 Å². The molecule has 1 aliphatic heterocycles. The number of carbonyl (C=O) groups excluding carboxylic acids is 1. The van der Waals surface area contributed by atoms with E-state index in [0.717, 1.165) is 40.9 Å². The molecule has 5 nitrogen and oxygen atoms in total. The molecule has 1 aliphatic rings. The van der Waals surface area contributed by atoms with Crippen LogP contribution in [0.25, 0.3) is 10.9 Å². The number of hydrogen-bond donors (Lipinski definition) is 3. The summed E-state index contributed by atoms with van der Waals surface area (Å²) >= 11 is 0. The number of fused-ring (bicyclic) bond motifs is 2. The minimum absolute atomic E-state index is 0.115. The Morgan fingerprint density at radius 2 is 2.00 bits per heavy atom. The fourth-order valence-corrected chi connectivity index (χ4v) is 3.37. The van der Waals surface area contributed by atoms with Crippen molar-refractivity contribution in [3.8, 4) is 5.75 Å². The van der Waals surface area contributed by atoms with E-state index in [1.165, 1.54) is 11.1 Å². The highest BCUT2D eigenvalue weighted by atomic mass is 16.5. The molecule has 0 atom stereocenters. The van der Waals surface area contributed by atoms with E-state index in [0.29, 0.717) is 12.2 Å². The number of aromatic nitrogens is 1. The minimum Gasteiger partial charge on any atom is -0.496 e. The molecular weight excluding hydrogens is 314 g/mol. The van der Waals surface area contributed by atoms with Crippen LogP contribution in [0.1, 0.15) is 32.7 Å². The first kappa shape index (κ1) is 15.7. The third-order valence-corrected chi connectivity index (χ3v) is 4.78. The van der Waals surface area contributed by atoms with E-state index in [1.54, 1.807) is 7.11 Å². The van der Waals surface area contributed by atoms with Gasteiger partial charge in [0.1, 0.15) is 11.4 Å². The number of methoxy groups -OCH3 is 1. The van der Waals surface area contributed by atoms with Gasteiger partial charge in [-0.2, -0.15) is 0 Å². The lowest BCUT2D eigenvalue weighted by atomic mass is 10.1. The minimum atomic E-state index is -0.115. The van der Waals surface area contributed by atoms with Gasteiger partial charge < -0.3 is 20.4 Å². The third kappa shape index (κ3) is 2.87. The highest BCUT2D eigenvalue weighted by Crippen LogP contribution is 2.28. The second-order valence-corrected chi connectivity index (χ2v) is 6.45. The molecule has 0 saturated carbocycles. The SMILES string of the molecule is COc1ccc(C)c2[nH]c(C(=O)NCc3ccc4c(c3)CNC4)cc12. The molecule has 0 fully saturated rings. The Labute approximate surface area is 146 Å². The maximum Gasteiger partial charge on any atom is 0.267 e.